The number of nitrogens with zero attached hydrogens (tertiary/aromatic N) is 2. The molecule has 0 aliphatic rings. The van der Waals surface area contributed by atoms with E-state index in [1.807, 2.05) is 0 Å². The van der Waals surface area contributed by atoms with Gasteiger partial charge in [0.05, 0.1) is 11.4 Å². The normalized spacial score (nSPS) is 11.3. The second-order valence-electron chi connectivity index (χ2n) is 13.9. The van der Waals surface area contributed by atoms with Gasteiger partial charge in [-0.3, -0.25) is 0 Å². The summed E-state index contributed by atoms with van der Waals surface area (Å²) in [6.45, 7) is 4.44. The van der Waals surface area contributed by atoms with Gasteiger partial charge in [0.2, 0.25) is 0 Å². The molecule has 2 nitrogen and oxygen atoms in total. The molecular formula is C52H40N2. The van der Waals surface area contributed by atoms with Crippen molar-refractivity contribution >= 4 is 21.5 Å². The van der Waals surface area contributed by atoms with E-state index in [0.717, 1.165) is 57.9 Å². The Morgan fingerprint density at radius 1 is 0.352 bits per heavy atom. The SMILES string of the molecule is CCc1ccccc1-c1nc(-c2cccc(-c3ccccc3)c2)nc(-c2cccc(-c3cccc(-c4cc5ccccc5c5ccccc45)c3)c2)c1CC. The molecular weight excluding hydrogens is 653 g/mol. The van der Waals surface area contributed by atoms with Gasteiger partial charge in [0, 0.05) is 22.3 Å². The monoisotopic (exact) mass is 692 g/mol. The fourth-order valence-electron chi connectivity index (χ4n) is 7.94. The Labute approximate surface area is 317 Å². The predicted molar refractivity (Wildman–Crippen MR) is 228 cm³/mol. The van der Waals surface area contributed by atoms with Gasteiger partial charge in [0.15, 0.2) is 5.82 Å². The highest BCUT2D eigenvalue weighted by atomic mass is 14.9. The average Bonchev–Trinajstić information content (AvgIpc) is 3.26. The molecule has 1 aromatic heterocycles. The van der Waals surface area contributed by atoms with Gasteiger partial charge in [-0.2, -0.15) is 0 Å². The molecule has 0 radical (unpaired) electrons. The smallest absolute Gasteiger partial charge is 0.160 e. The van der Waals surface area contributed by atoms with Gasteiger partial charge in [0.1, 0.15) is 0 Å². The Kier molecular flexibility index (Phi) is 8.86. The first-order valence-corrected chi connectivity index (χ1v) is 18.9. The van der Waals surface area contributed by atoms with Crippen LogP contribution < -0.4 is 0 Å². The molecule has 1 heterocycles. The number of aryl methyl sites for hydroxylation is 1. The second kappa shape index (κ2) is 14.4. The van der Waals surface area contributed by atoms with Crippen LogP contribution >= 0.6 is 0 Å². The maximum Gasteiger partial charge on any atom is 0.160 e. The summed E-state index contributed by atoms with van der Waals surface area (Å²) >= 11 is 0. The maximum atomic E-state index is 5.41. The first kappa shape index (κ1) is 33.2. The van der Waals surface area contributed by atoms with E-state index in [9.17, 15) is 0 Å². The van der Waals surface area contributed by atoms with Crippen LogP contribution in [0.3, 0.4) is 0 Å². The summed E-state index contributed by atoms with van der Waals surface area (Å²) in [6, 6.07) is 65.4. The molecule has 0 N–H and O–H groups in total. The van der Waals surface area contributed by atoms with E-state index in [1.54, 1.807) is 0 Å². The lowest BCUT2D eigenvalue weighted by Gasteiger charge is -2.18. The zero-order chi connectivity index (χ0) is 36.4. The molecule has 0 saturated carbocycles. The quantitative estimate of drug-likeness (QED) is 0.148. The summed E-state index contributed by atoms with van der Waals surface area (Å²) in [5, 5.41) is 5.07. The van der Waals surface area contributed by atoms with E-state index in [0.29, 0.717) is 0 Å². The lowest BCUT2D eigenvalue weighted by atomic mass is 9.91. The predicted octanol–water partition coefficient (Wildman–Crippen LogP) is 13.9. The molecule has 0 saturated heterocycles. The van der Waals surface area contributed by atoms with Gasteiger partial charge in [-0.25, -0.2) is 9.97 Å². The second-order valence-corrected chi connectivity index (χ2v) is 13.9. The van der Waals surface area contributed by atoms with Crippen LogP contribution in [0.4, 0.5) is 0 Å². The van der Waals surface area contributed by atoms with Crippen LogP contribution in [0.5, 0.6) is 0 Å². The van der Waals surface area contributed by atoms with Gasteiger partial charge in [-0.15, -0.1) is 0 Å². The highest BCUT2D eigenvalue weighted by molar-refractivity contribution is 6.13. The standard InChI is InChI=1S/C52H40N2/c1-3-35-17-8-11-28-46(35)51-44(4-2)50(53-52(54-51)43-26-16-21-37(33-43)36-18-6-5-7-19-36)42-25-15-23-39(32-42)38-22-14-24-40(31-38)49-34-41-20-9-10-27-45(41)47-29-12-13-30-48(47)49/h5-34H,3-4H2,1-2H3. The molecule has 0 bridgehead atoms. The Morgan fingerprint density at radius 2 is 0.889 bits per heavy atom. The summed E-state index contributed by atoms with van der Waals surface area (Å²) in [6.07, 6.45) is 1.73. The van der Waals surface area contributed by atoms with Crippen molar-refractivity contribution in [3.05, 3.63) is 193 Å². The summed E-state index contributed by atoms with van der Waals surface area (Å²) in [5.41, 5.74) is 14.8. The first-order chi connectivity index (χ1) is 26.7. The van der Waals surface area contributed by atoms with Crippen molar-refractivity contribution in [2.75, 3.05) is 0 Å². The lowest BCUT2D eigenvalue weighted by molar-refractivity contribution is 1.05. The number of benzene rings is 8. The fraction of sp³-hybridized carbons (Fsp3) is 0.0769. The average molecular weight is 693 g/mol. The van der Waals surface area contributed by atoms with Crippen LogP contribution in [0, 0.1) is 0 Å². The van der Waals surface area contributed by atoms with Crippen LogP contribution in [-0.4, -0.2) is 9.97 Å². The molecule has 258 valence electrons. The van der Waals surface area contributed by atoms with Gasteiger partial charge in [0.25, 0.3) is 0 Å². The zero-order valence-electron chi connectivity index (χ0n) is 30.6. The summed E-state index contributed by atoms with van der Waals surface area (Å²) in [7, 11) is 0. The summed E-state index contributed by atoms with van der Waals surface area (Å²) < 4.78 is 0. The Bertz CT molecular complexity index is 2800. The molecule has 54 heavy (non-hydrogen) atoms. The summed E-state index contributed by atoms with van der Waals surface area (Å²) in [5.74, 6) is 0.733. The van der Waals surface area contributed by atoms with Crippen LogP contribution in [0.2, 0.25) is 0 Å². The maximum absolute atomic E-state index is 5.41. The molecule has 0 spiro atoms. The molecule has 8 aromatic carbocycles. The Hall–Kier alpha value is -6.64. The van der Waals surface area contributed by atoms with Crippen molar-refractivity contribution in [2.45, 2.75) is 26.7 Å². The van der Waals surface area contributed by atoms with Crippen LogP contribution in [-0.2, 0) is 12.8 Å². The highest BCUT2D eigenvalue weighted by Gasteiger charge is 2.20. The summed E-state index contributed by atoms with van der Waals surface area (Å²) in [4.78, 5) is 10.8. The molecule has 0 fully saturated rings. The number of aromatic nitrogens is 2. The minimum atomic E-state index is 0.733. The van der Waals surface area contributed by atoms with Gasteiger partial charge >= 0.3 is 0 Å². The molecule has 2 heteroatoms. The van der Waals surface area contributed by atoms with E-state index in [-0.39, 0.29) is 0 Å². The largest absolute Gasteiger partial charge is 0.228 e. The van der Waals surface area contributed by atoms with Crippen molar-refractivity contribution < 1.29 is 0 Å². The third kappa shape index (κ3) is 6.16. The topological polar surface area (TPSA) is 25.8 Å². The van der Waals surface area contributed by atoms with E-state index in [2.05, 4.69) is 196 Å². The van der Waals surface area contributed by atoms with Crippen LogP contribution in [0.1, 0.15) is 25.0 Å². The molecule has 0 amide bonds. The van der Waals surface area contributed by atoms with Crippen molar-refractivity contribution in [1.82, 2.24) is 9.97 Å². The minimum Gasteiger partial charge on any atom is -0.228 e. The molecule has 0 aliphatic carbocycles. The molecule has 0 atom stereocenters. The van der Waals surface area contributed by atoms with Gasteiger partial charge in [-0.1, -0.05) is 172 Å². The minimum absolute atomic E-state index is 0.733. The number of fused-ring (bicyclic) bond motifs is 3. The van der Waals surface area contributed by atoms with Crippen molar-refractivity contribution in [2.24, 2.45) is 0 Å². The number of hydrogen-bond acceptors (Lipinski definition) is 2. The third-order valence-electron chi connectivity index (χ3n) is 10.7. The van der Waals surface area contributed by atoms with Crippen molar-refractivity contribution in [3.63, 3.8) is 0 Å². The number of hydrogen-bond donors (Lipinski definition) is 0. The lowest BCUT2D eigenvalue weighted by Crippen LogP contribution is -2.04. The van der Waals surface area contributed by atoms with Crippen LogP contribution in [0.25, 0.3) is 88.8 Å². The Morgan fingerprint density at radius 3 is 1.65 bits per heavy atom. The first-order valence-electron chi connectivity index (χ1n) is 18.9. The van der Waals surface area contributed by atoms with Crippen LogP contribution in [0.15, 0.2) is 182 Å². The fourth-order valence-corrected chi connectivity index (χ4v) is 7.94. The Balaban J connectivity index is 1.20. The van der Waals surface area contributed by atoms with Crippen molar-refractivity contribution in [1.29, 1.82) is 0 Å². The van der Waals surface area contributed by atoms with Gasteiger partial charge < -0.3 is 0 Å². The van der Waals surface area contributed by atoms with E-state index < -0.39 is 0 Å². The molecule has 9 aromatic rings. The molecule has 0 aliphatic heterocycles. The third-order valence-corrected chi connectivity index (χ3v) is 10.7. The molecule has 9 rings (SSSR count). The van der Waals surface area contributed by atoms with E-state index >= 15 is 0 Å². The van der Waals surface area contributed by atoms with E-state index in [1.165, 1.54) is 54.9 Å². The molecule has 0 unspecified atom stereocenters. The zero-order valence-corrected chi connectivity index (χ0v) is 30.6. The number of rotatable bonds is 8. The van der Waals surface area contributed by atoms with Crippen molar-refractivity contribution in [3.8, 4) is 67.3 Å². The van der Waals surface area contributed by atoms with E-state index in [4.69, 9.17) is 9.97 Å². The van der Waals surface area contributed by atoms with Gasteiger partial charge in [-0.05, 0) is 97.6 Å². The highest BCUT2D eigenvalue weighted by Crippen LogP contribution is 2.39.